The second kappa shape index (κ2) is 6.03. The Morgan fingerprint density at radius 3 is 2.45 bits per heavy atom. The number of amides is 1. The van der Waals surface area contributed by atoms with E-state index in [0.717, 1.165) is 36.3 Å². The highest BCUT2D eigenvalue weighted by Crippen LogP contribution is 2.35. The maximum absolute atomic E-state index is 11.7. The van der Waals surface area contributed by atoms with Gasteiger partial charge in [0.15, 0.2) is 0 Å². The second-order valence-electron chi connectivity index (χ2n) is 7.28. The number of piperidine rings is 1. The van der Waals surface area contributed by atoms with Crippen molar-refractivity contribution in [2.75, 3.05) is 29.9 Å². The minimum atomic E-state index is 0. The lowest BCUT2D eigenvalue weighted by Gasteiger charge is -2.38. The fraction of sp³-hybridized carbons (Fsp3) is 0.688. The first-order valence-electron chi connectivity index (χ1n) is 7.73. The Kier molecular flexibility index (Phi) is 4.66. The quantitative estimate of drug-likeness (QED) is 0.797. The average molecular weight is 325 g/mol. The largest absolute Gasteiger partial charge is 0.341 e. The summed E-state index contributed by atoms with van der Waals surface area (Å²) >= 11 is 0. The summed E-state index contributed by atoms with van der Waals surface area (Å²) in [7, 11) is 1.79. The van der Waals surface area contributed by atoms with Crippen molar-refractivity contribution in [3.05, 3.63) is 11.8 Å². The van der Waals surface area contributed by atoms with Crippen LogP contribution in [0.15, 0.2) is 6.20 Å². The molecule has 1 aromatic rings. The van der Waals surface area contributed by atoms with Gasteiger partial charge < -0.3 is 4.90 Å². The van der Waals surface area contributed by atoms with E-state index in [1.165, 1.54) is 12.8 Å². The van der Waals surface area contributed by atoms with E-state index < -0.39 is 0 Å². The molecule has 5 nitrogen and oxygen atoms in total. The number of aromatic nitrogens is 2. The van der Waals surface area contributed by atoms with Crippen molar-refractivity contribution in [1.82, 2.24) is 9.97 Å². The first-order chi connectivity index (χ1) is 9.86. The fourth-order valence-corrected chi connectivity index (χ4v) is 3.30. The highest BCUT2D eigenvalue weighted by atomic mass is 35.5. The Morgan fingerprint density at radius 2 is 1.86 bits per heavy atom. The molecule has 1 amide bonds. The van der Waals surface area contributed by atoms with E-state index in [1.54, 1.807) is 11.9 Å². The SMILES string of the molecule is CN1C(=O)Cc2cnc(N3CCC(C(C)(C)C)CC3)nc21.Cl. The summed E-state index contributed by atoms with van der Waals surface area (Å²) in [5.41, 5.74) is 1.31. The number of hydrogen-bond donors (Lipinski definition) is 0. The number of carbonyl (C=O) groups excluding carboxylic acids is 1. The lowest BCUT2D eigenvalue weighted by Crippen LogP contribution is -2.39. The molecule has 6 heteroatoms. The molecule has 1 fully saturated rings. The third-order valence-corrected chi connectivity index (χ3v) is 4.86. The summed E-state index contributed by atoms with van der Waals surface area (Å²) in [6, 6.07) is 0. The molecule has 1 aromatic heterocycles. The van der Waals surface area contributed by atoms with Crippen LogP contribution in [0.25, 0.3) is 0 Å². The highest BCUT2D eigenvalue weighted by Gasteiger charge is 2.31. The average Bonchev–Trinajstić information content (AvgIpc) is 2.73. The molecule has 0 radical (unpaired) electrons. The highest BCUT2D eigenvalue weighted by molar-refractivity contribution is 5.99. The summed E-state index contributed by atoms with van der Waals surface area (Å²) in [5.74, 6) is 2.40. The van der Waals surface area contributed by atoms with Crippen LogP contribution in [0.5, 0.6) is 0 Å². The van der Waals surface area contributed by atoms with Crippen LogP contribution in [0.4, 0.5) is 11.8 Å². The van der Waals surface area contributed by atoms with Crippen LogP contribution in [0, 0.1) is 11.3 Å². The molecule has 0 aliphatic carbocycles. The third-order valence-electron chi connectivity index (χ3n) is 4.86. The van der Waals surface area contributed by atoms with Crippen LogP contribution in [0.3, 0.4) is 0 Å². The molecule has 0 aromatic carbocycles. The van der Waals surface area contributed by atoms with Crippen LogP contribution in [0.2, 0.25) is 0 Å². The molecule has 1 saturated heterocycles. The van der Waals surface area contributed by atoms with E-state index in [2.05, 4.69) is 35.6 Å². The van der Waals surface area contributed by atoms with Gasteiger partial charge in [-0.15, -0.1) is 12.4 Å². The monoisotopic (exact) mass is 324 g/mol. The predicted octanol–water partition coefficient (Wildman–Crippen LogP) is 2.68. The Labute approximate surface area is 138 Å². The Morgan fingerprint density at radius 1 is 1.23 bits per heavy atom. The number of rotatable bonds is 1. The number of anilines is 2. The molecule has 2 aliphatic rings. The normalized spacial score (nSPS) is 19.2. The van der Waals surface area contributed by atoms with Crippen molar-refractivity contribution < 1.29 is 4.79 Å². The maximum atomic E-state index is 11.7. The first-order valence-corrected chi connectivity index (χ1v) is 7.73. The molecule has 3 rings (SSSR count). The molecular weight excluding hydrogens is 300 g/mol. The van der Waals surface area contributed by atoms with Gasteiger partial charge >= 0.3 is 0 Å². The van der Waals surface area contributed by atoms with E-state index in [0.29, 0.717) is 11.8 Å². The van der Waals surface area contributed by atoms with Gasteiger partial charge in [-0.05, 0) is 24.2 Å². The van der Waals surface area contributed by atoms with Gasteiger partial charge in [-0.25, -0.2) is 4.98 Å². The van der Waals surface area contributed by atoms with E-state index >= 15 is 0 Å². The number of likely N-dealkylation sites (N-methyl/N-ethyl adjacent to an activating group) is 1. The summed E-state index contributed by atoms with van der Waals surface area (Å²) < 4.78 is 0. The zero-order chi connectivity index (χ0) is 15.2. The lowest BCUT2D eigenvalue weighted by molar-refractivity contribution is -0.117. The van der Waals surface area contributed by atoms with Crippen LogP contribution in [-0.4, -0.2) is 36.0 Å². The molecule has 0 bridgehead atoms. The van der Waals surface area contributed by atoms with Gasteiger partial charge in [0.2, 0.25) is 11.9 Å². The smallest absolute Gasteiger partial charge is 0.232 e. The summed E-state index contributed by atoms with van der Waals surface area (Å²) in [5, 5.41) is 0. The molecule has 3 heterocycles. The minimum Gasteiger partial charge on any atom is -0.341 e. The van der Waals surface area contributed by atoms with E-state index in [4.69, 9.17) is 0 Å². The standard InChI is InChI=1S/C16H24N4O.ClH/c1-16(2,3)12-5-7-20(8-6-12)15-17-10-11-9-13(21)19(4)14(11)18-15;/h10,12H,5-9H2,1-4H3;1H. The molecule has 0 unspecified atom stereocenters. The van der Waals surface area contributed by atoms with Gasteiger partial charge in [-0.3, -0.25) is 9.69 Å². The first kappa shape index (κ1) is 17.0. The minimum absolute atomic E-state index is 0. The van der Waals surface area contributed by atoms with E-state index in [9.17, 15) is 4.79 Å². The molecule has 0 atom stereocenters. The van der Waals surface area contributed by atoms with Crippen molar-refractivity contribution in [2.45, 2.75) is 40.0 Å². The second-order valence-corrected chi connectivity index (χ2v) is 7.28. The number of fused-ring (bicyclic) bond motifs is 1. The number of carbonyl (C=O) groups is 1. The number of hydrogen-bond acceptors (Lipinski definition) is 4. The van der Waals surface area contributed by atoms with Crippen molar-refractivity contribution in [3.8, 4) is 0 Å². The van der Waals surface area contributed by atoms with Gasteiger partial charge in [-0.2, -0.15) is 4.98 Å². The zero-order valence-electron chi connectivity index (χ0n) is 13.8. The maximum Gasteiger partial charge on any atom is 0.232 e. The van der Waals surface area contributed by atoms with Crippen molar-refractivity contribution in [1.29, 1.82) is 0 Å². The third kappa shape index (κ3) is 3.05. The lowest BCUT2D eigenvalue weighted by atomic mass is 9.75. The zero-order valence-corrected chi connectivity index (χ0v) is 14.6. The van der Waals surface area contributed by atoms with Crippen LogP contribution >= 0.6 is 12.4 Å². The topological polar surface area (TPSA) is 49.3 Å². The van der Waals surface area contributed by atoms with E-state index in [-0.39, 0.29) is 18.3 Å². The van der Waals surface area contributed by atoms with Crippen molar-refractivity contribution in [2.24, 2.45) is 11.3 Å². The Bertz CT molecular complexity index is 562. The van der Waals surface area contributed by atoms with Crippen LogP contribution in [-0.2, 0) is 11.2 Å². The van der Waals surface area contributed by atoms with Gasteiger partial charge in [0.1, 0.15) is 5.82 Å². The van der Waals surface area contributed by atoms with Gasteiger partial charge in [-0.1, -0.05) is 20.8 Å². The van der Waals surface area contributed by atoms with E-state index in [1.807, 2.05) is 6.20 Å². The number of halogens is 1. The molecule has 0 spiro atoms. The summed E-state index contributed by atoms with van der Waals surface area (Å²) in [6.45, 7) is 8.95. The van der Waals surface area contributed by atoms with Gasteiger partial charge in [0.25, 0.3) is 0 Å². The molecule has 0 saturated carbocycles. The molecule has 0 N–H and O–H groups in total. The molecular formula is C16H25ClN4O. The summed E-state index contributed by atoms with van der Waals surface area (Å²) in [6.07, 6.45) is 4.60. The van der Waals surface area contributed by atoms with Crippen LogP contribution < -0.4 is 9.80 Å². The van der Waals surface area contributed by atoms with Crippen LogP contribution in [0.1, 0.15) is 39.2 Å². The number of nitrogens with zero attached hydrogens (tertiary/aromatic N) is 4. The molecule has 2 aliphatic heterocycles. The van der Waals surface area contributed by atoms with Crippen molar-refractivity contribution >= 4 is 30.1 Å². The summed E-state index contributed by atoms with van der Waals surface area (Å²) in [4.78, 5) is 24.7. The Balaban J connectivity index is 0.00000176. The molecule has 122 valence electrons. The fourth-order valence-electron chi connectivity index (χ4n) is 3.30. The Hall–Kier alpha value is -1.36. The predicted molar refractivity (Wildman–Crippen MR) is 90.8 cm³/mol. The van der Waals surface area contributed by atoms with Crippen molar-refractivity contribution in [3.63, 3.8) is 0 Å². The van der Waals surface area contributed by atoms with Gasteiger partial charge in [0.05, 0.1) is 6.42 Å². The molecule has 22 heavy (non-hydrogen) atoms. The van der Waals surface area contributed by atoms with Gasteiger partial charge in [0, 0.05) is 31.9 Å².